The molecule has 1 atom stereocenters. The van der Waals surface area contributed by atoms with Crippen LogP contribution in [0.3, 0.4) is 0 Å². The van der Waals surface area contributed by atoms with Gasteiger partial charge in [-0.3, -0.25) is 9.78 Å². The molecule has 0 aliphatic carbocycles. The number of amides is 1. The van der Waals surface area contributed by atoms with Gasteiger partial charge in [0.05, 0.1) is 4.88 Å². The van der Waals surface area contributed by atoms with Crippen LogP contribution in [0.1, 0.15) is 15.2 Å². The molecule has 0 spiro atoms. The first-order valence-electron chi connectivity index (χ1n) is 9.14. The van der Waals surface area contributed by atoms with Gasteiger partial charge in [0, 0.05) is 47.2 Å². The summed E-state index contributed by atoms with van der Waals surface area (Å²) in [7, 11) is 0. The maximum Gasteiger partial charge on any atom is 0.261 e. The maximum absolute atomic E-state index is 12.6. The Bertz CT molecular complexity index is 1070. The summed E-state index contributed by atoms with van der Waals surface area (Å²) in [6.07, 6.45) is 8.01. The van der Waals surface area contributed by atoms with Crippen LogP contribution in [0, 0.1) is 5.92 Å². The number of aromatic amines is 1. The van der Waals surface area contributed by atoms with E-state index in [1.54, 1.807) is 18.6 Å². The highest BCUT2D eigenvalue weighted by Gasteiger charge is 2.15. The van der Waals surface area contributed by atoms with Crippen molar-refractivity contribution in [2.75, 3.05) is 13.1 Å². The topological polar surface area (TPSA) is 96.7 Å². The number of nitrogens with one attached hydrogen (secondary N) is 2. The zero-order chi connectivity index (χ0) is 19.3. The number of hydrogen-bond acceptors (Lipinski definition) is 5. The summed E-state index contributed by atoms with van der Waals surface area (Å²) in [6, 6.07) is 11.8. The fraction of sp³-hybridized carbons (Fsp3) is 0.190. The number of hydrogen-bond donors (Lipinski definition) is 3. The zero-order valence-electron chi connectivity index (χ0n) is 15.3. The third kappa shape index (κ3) is 3.95. The fourth-order valence-electron chi connectivity index (χ4n) is 3.20. The lowest BCUT2D eigenvalue weighted by atomic mass is 10.0. The molecule has 0 bridgehead atoms. The Kier molecular flexibility index (Phi) is 5.45. The van der Waals surface area contributed by atoms with Crippen molar-refractivity contribution in [2.24, 2.45) is 11.7 Å². The van der Waals surface area contributed by atoms with Crippen LogP contribution in [0.25, 0.3) is 21.5 Å². The minimum atomic E-state index is -0.0659. The average molecular weight is 392 g/mol. The molecule has 0 saturated carbocycles. The molecule has 4 heterocycles. The molecular weight excluding hydrogens is 370 g/mol. The predicted octanol–water partition coefficient (Wildman–Crippen LogP) is 3.23. The van der Waals surface area contributed by atoms with Crippen molar-refractivity contribution in [1.29, 1.82) is 0 Å². The van der Waals surface area contributed by atoms with Gasteiger partial charge in [0.1, 0.15) is 5.65 Å². The second-order valence-corrected chi connectivity index (χ2v) is 7.72. The lowest BCUT2D eigenvalue weighted by molar-refractivity contribution is 0.0951. The highest BCUT2D eigenvalue weighted by atomic mass is 32.1. The molecule has 1 unspecified atom stereocenters. The van der Waals surface area contributed by atoms with E-state index >= 15 is 0 Å². The summed E-state index contributed by atoms with van der Waals surface area (Å²) < 4.78 is 0. The highest BCUT2D eigenvalue weighted by Crippen LogP contribution is 2.32. The molecule has 0 saturated heterocycles. The molecule has 4 rings (SSSR count). The van der Waals surface area contributed by atoms with Crippen LogP contribution in [-0.2, 0) is 6.42 Å². The zero-order valence-corrected chi connectivity index (χ0v) is 16.1. The van der Waals surface area contributed by atoms with Crippen LogP contribution in [0.2, 0.25) is 0 Å². The number of nitrogens with zero attached hydrogens (tertiary/aromatic N) is 2. The third-order valence-electron chi connectivity index (χ3n) is 4.71. The van der Waals surface area contributed by atoms with E-state index in [2.05, 4.69) is 20.3 Å². The smallest absolute Gasteiger partial charge is 0.261 e. The summed E-state index contributed by atoms with van der Waals surface area (Å²) in [5, 5.41) is 4.08. The van der Waals surface area contributed by atoms with Crippen molar-refractivity contribution in [3.05, 3.63) is 71.6 Å². The van der Waals surface area contributed by atoms with Crippen molar-refractivity contribution < 1.29 is 4.79 Å². The van der Waals surface area contributed by atoms with Crippen LogP contribution in [-0.4, -0.2) is 33.9 Å². The highest BCUT2D eigenvalue weighted by molar-refractivity contribution is 7.17. The Labute approximate surface area is 166 Å². The largest absolute Gasteiger partial charge is 0.351 e. The van der Waals surface area contributed by atoms with Gasteiger partial charge in [0.2, 0.25) is 0 Å². The Hall–Kier alpha value is -3.03. The van der Waals surface area contributed by atoms with Gasteiger partial charge in [-0.15, -0.1) is 11.3 Å². The quantitative estimate of drug-likeness (QED) is 0.451. The van der Waals surface area contributed by atoms with Crippen LogP contribution in [0.4, 0.5) is 0 Å². The molecule has 4 aromatic rings. The molecule has 6 nitrogen and oxygen atoms in total. The first-order chi connectivity index (χ1) is 13.7. The minimum absolute atomic E-state index is 0.0659. The van der Waals surface area contributed by atoms with Gasteiger partial charge in [-0.05, 0) is 60.8 Å². The van der Waals surface area contributed by atoms with Gasteiger partial charge in [-0.1, -0.05) is 0 Å². The van der Waals surface area contributed by atoms with Gasteiger partial charge < -0.3 is 16.0 Å². The van der Waals surface area contributed by atoms with E-state index < -0.39 is 0 Å². The molecular formula is C21H21N5OS. The maximum atomic E-state index is 12.6. The minimum Gasteiger partial charge on any atom is -0.351 e. The van der Waals surface area contributed by atoms with E-state index in [0.29, 0.717) is 18.0 Å². The first-order valence-corrected chi connectivity index (χ1v) is 9.95. The number of carbonyl (C=O) groups is 1. The number of rotatable bonds is 7. The van der Waals surface area contributed by atoms with Gasteiger partial charge >= 0.3 is 0 Å². The molecule has 4 aromatic heterocycles. The second-order valence-electron chi connectivity index (χ2n) is 6.63. The monoisotopic (exact) mass is 391 g/mol. The molecule has 4 N–H and O–H groups in total. The van der Waals surface area contributed by atoms with Crippen LogP contribution >= 0.6 is 11.3 Å². The first kappa shape index (κ1) is 18.3. The van der Waals surface area contributed by atoms with E-state index in [0.717, 1.165) is 27.9 Å². The van der Waals surface area contributed by atoms with Gasteiger partial charge in [-0.25, -0.2) is 4.98 Å². The number of fused-ring (bicyclic) bond motifs is 1. The number of aromatic nitrogens is 3. The average Bonchev–Trinajstić information content (AvgIpc) is 3.41. The molecule has 0 aromatic carbocycles. The molecule has 0 radical (unpaired) electrons. The molecule has 0 aliphatic heterocycles. The van der Waals surface area contributed by atoms with Crippen molar-refractivity contribution in [3.8, 4) is 10.4 Å². The molecule has 7 heteroatoms. The standard InChI is InChI=1S/C21H21N5OS/c22-12-15(11-14-3-7-23-8-4-14)13-26-21(27)19-2-1-18(28-19)16-5-9-24-20-17(16)6-10-25-20/h1-10,15H,11-13,22H2,(H,24,25)(H,26,27). The normalized spacial score (nSPS) is 12.2. The summed E-state index contributed by atoms with van der Waals surface area (Å²) >= 11 is 1.48. The number of carbonyl (C=O) groups excluding carboxylic acids is 1. The number of thiophene rings is 1. The lowest BCUT2D eigenvalue weighted by Gasteiger charge is -2.15. The second kappa shape index (κ2) is 8.33. The summed E-state index contributed by atoms with van der Waals surface area (Å²) in [5.74, 6) is 0.120. The van der Waals surface area contributed by atoms with Gasteiger partial charge in [-0.2, -0.15) is 0 Å². The van der Waals surface area contributed by atoms with E-state index in [1.165, 1.54) is 16.9 Å². The Morgan fingerprint density at radius 2 is 2.00 bits per heavy atom. The Morgan fingerprint density at radius 3 is 2.82 bits per heavy atom. The van der Waals surface area contributed by atoms with Crippen molar-refractivity contribution in [2.45, 2.75) is 6.42 Å². The third-order valence-corrected chi connectivity index (χ3v) is 5.83. The predicted molar refractivity (Wildman–Crippen MR) is 112 cm³/mol. The molecule has 0 fully saturated rings. The van der Waals surface area contributed by atoms with E-state index in [4.69, 9.17) is 5.73 Å². The van der Waals surface area contributed by atoms with Crippen LogP contribution < -0.4 is 11.1 Å². The van der Waals surface area contributed by atoms with E-state index in [9.17, 15) is 4.79 Å². The summed E-state index contributed by atoms with van der Waals surface area (Å²) in [6.45, 7) is 1.06. The molecule has 142 valence electrons. The van der Waals surface area contributed by atoms with Crippen molar-refractivity contribution in [3.63, 3.8) is 0 Å². The van der Waals surface area contributed by atoms with Crippen LogP contribution in [0.5, 0.6) is 0 Å². The summed E-state index contributed by atoms with van der Waals surface area (Å²) in [5.41, 5.74) is 8.99. The molecule has 28 heavy (non-hydrogen) atoms. The summed E-state index contributed by atoms with van der Waals surface area (Å²) in [4.78, 5) is 25.8. The number of H-pyrrole nitrogens is 1. The fourth-order valence-corrected chi connectivity index (χ4v) is 4.16. The van der Waals surface area contributed by atoms with E-state index in [1.807, 2.05) is 42.6 Å². The SMILES string of the molecule is NCC(CNC(=O)c1ccc(-c2ccnc3[nH]ccc23)s1)Cc1ccncc1. The lowest BCUT2D eigenvalue weighted by Crippen LogP contribution is -2.33. The number of pyridine rings is 2. The van der Waals surface area contributed by atoms with Gasteiger partial charge in [0.15, 0.2) is 0 Å². The molecule has 0 aliphatic rings. The van der Waals surface area contributed by atoms with Crippen molar-refractivity contribution >= 4 is 28.3 Å². The van der Waals surface area contributed by atoms with Crippen LogP contribution in [0.15, 0.2) is 61.2 Å². The van der Waals surface area contributed by atoms with Gasteiger partial charge in [0.25, 0.3) is 5.91 Å². The number of nitrogens with two attached hydrogens (primary N) is 1. The van der Waals surface area contributed by atoms with Crippen molar-refractivity contribution in [1.82, 2.24) is 20.3 Å². The van der Waals surface area contributed by atoms with E-state index in [-0.39, 0.29) is 11.8 Å². The Morgan fingerprint density at radius 1 is 1.14 bits per heavy atom. The Balaban J connectivity index is 1.42. The molecule has 1 amide bonds.